The molecule has 1 N–H and O–H groups in total. The van der Waals surface area contributed by atoms with Gasteiger partial charge in [-0.15, -0.1) is 0 Å². The van der Waals surface area contributed by atoms with Crippen molar-refractivity contribution in [2.45, 2.75) is 45.6 Å². The van der Waals surface area contributed by atoms with Gasteiger partial charge in [-0.05, 0) is 37.8 Å². The van der Waals surface area contributed by atoms with Gasteiger partial charge in [0.05, 0.1) is 0 Å². The Balaban J connectivity index is 1.71. The highest BCUT2D eigenvalue weighted by Crippen LogP contribution is 2.22. The van der Waals surface area contributed by atoms with Crippen molar-refractivity contribution in [3.63, 3.8) is 0 Å². The van der Waals surface area contributed by atoms with Crippen molar-refractivity contribution in [3.8, 4) is 0 Å². The SMILES string of the molecule is Cc1cccc(CNCC2CCCCC2)c1. The molecule has 1 fully saturated rings. The van der Waals surface area contributed by atoms with Gasteiger partial charge in [-0.1, -0.05) is 49.1 Å². The summed E-state index contributed by atoms with van der Waals surface area (Å²) in [6.07, 6.45) is 7.20. The van der Waals surface area contributed by atoms with Crippen LogP contribution in [0.25, 0.3) is 0 Å². The highest BCUT2D eigenvalue weighted by Gasteiger charge is 2.12. The molecule has 1 aromatic rings. The van der Waals surface area contributed by atoms with E-state index >= 15 is 0 Å². The first kappa shape index (κ1) is 11.7. The summed E-state index contributed by atoms with van der Waals surface area (Å²) in [6, 6.07) is 8.78. The zero-order valence-corrected chi connectivity index (χ0v) is 10.3. The molecule has 0 bridgehead atoms. The number of rotatable bonds is 4. The summed E-state index contributed by atoms with van der Waals surface area (Å²) >= 11 is 0. The molecule has 0 aromatic heterocycles. The van der Waals surface area contributed by atoms with E-state index in [-0.39, 0.29) is 0 Å². The molecule has 1 aliphatic carbocycles. The zero-order chi connectivity index (χ0) is 11.2. The molecular weight excluding hydrogens is 194 g/mol. The minimum atomic E-state index is 0.929. The quantitative estimate of drug-likeness (QED) is 0.811. The first-order chi connectivity index (χ1) is 7.84. The Kier molecular flexibility index (Phi) is 4.41. The van der Waals surface area contributed by atoms with Gasteiger partial charge in [-0.2, -0.15) is 0 Å². The fourth-order valence-electron chi connectivity index (χ4n) is 2.63. The zero-order valence-electron chi connectivity index (χ0n) is 10.3. The summed E-state index contributed by atoms with van der Waals surface area (Å²) in [5.41, 5.74) is 2.77. The molecule has 0 unspecified atom stereocenters. The summed E-state index contributed by atoms with van der Waals surface area (Å²) in [6.45, 7) is 4.39. The monoisotopic (exact) mass is 217 g/mol. The summed E-state index contributed by atoms with van der Waals surface area (Å²) in [5.74, 6) is 0.929. The molecule has 1 aliphatic rings. The molecule has 1 aromatic carbocycles. The molecule has 1 heteroatoms. The average molecular weight is 217 g/mol. The first-order valence-corrected chi connectivity index (χ1v) is 6.61. The van der Waals surface area contributed by atoms with Gasteiger partial charge in [0.15, 0.2) is 0 Å². The smallest absolute Gasteiger partial charge is 0.0205 e. The normalized spacial score (nSPS) is 17.6. The highest BCUT2D eigenvalue weighted by molar-refractivity contribution is 5.21. The van der Waals surface area contributed by atoms with Crippen molar-refractivity contribution in [1.82, 2.24) is 5.32 Å². The average Bonchev–Trinajstić information content (AvgIpc) is 2.30. The Hall–Kier alpha value is -0.820. The van der Waals surface area contributed by atoms with E-state index in [9.17, 15) is 0 Å². The lowest BCUT2D eigenvalue weighted by atomic mass is 9.89. The van der Waals surface area contributed by atoms with Crippen LogP contribution in [0.1, 0.15) is 43.2 Å². The third-order valence-corrected chi connectivity index (χ3v) is 3.57. The Morgan fingerprint density at radius 3 is 2.75 bits per heavy atom. The third kappa shape index (κ3) is 3.64. The van der Waals surface area contributed by atoms with E-state index < -0.39 is 0 Å². The minimum Gasteiger partial charge on any atom is -0.312 e. The van der Waals surface area contributed by atoms with Crippen LogP contribution in [0.5, 0.6) is 0 Å². The van der Waals surface area contributed by atoms with Gasteiger partial charge < -0.3 is 5.32 Å². The summed E-state index contributed by atoms with van der Waals surface area (Å²) in [5, 5.41) is 3.60. The summed E-state index contributed by atoms with van der Waals surface area (Å²) < 4.78 is 0. The third-order valence-electron chi connectivity index (χ3n) is 3.57. The number of nitrogens with one attached hydrogen (secondary N) is 1. The lowest BCUT2D eigenvalue weighted by molar-refractivity contribution is 0.342. The van der Waals surface area contributed by atoms with Gasteiger partial charge >= 0.3 is 0 Å². The topological polar surface area (TPSA) is 12.0 Å². The second-order valence-electron chi connectivity index (χ2n) is 5.12. The number of aryl methyl sites for hydroxylation is 1. The van der Waals surface area contributed by atoms with Crippen LogP contribution in [-0.4, -0.2) is 6.54 Å². The molecule has 0 radical (unpaired) electrons. The van der Waals surface area contributed by atoms with Gasteiger partial charge in [0.1, 0.15) is 0 Å². The largest absolute Gasteiger partial charge is 0.312 e. The Morgan fingerprint density at radius 1 is 1.19 bits per heavy atom. The Morgan fingerprint density at radius 2 is 2.00 bits per heavy atom. The van der Waals surface area contributed by atoms with E-state index in [1.807, 2.05) is 0 Å². The lowest BCUT2D eigenvalue weighted by Gasteiger charge is -2.21. The maximum Gasteiger partial charge on any atom is 0.0205 e. The number of benzene rings is 1. The summed E-state index contributed by atoms with van der Waals surface area (Å²) in [4.78, 5) is 0. The van der Waals surface area contributed by atoms with Gasteiger partial charge in [0, 0.05) is 6.54 Å². The van der Waals surface area contributed by atoms with Crippen LogP contribution in [0.15, 0.2) is 24.3 Å². The molecule has 0 atom stereocenters. The molecule has 0 aliphatic heterocycles. The van der Waals surface area contributed by atoms with Gasteiger partial charge in [0.25, 0.3) is 0 Å². The number of hydrogen-bond acceptors (Lipinski definition) is 1. The van der Waals surface area contributed by atoms with E-state index in [2.05, 4.69) is 36.5 Å². The number of hydrogen-bond donors (Lipinski definition) is 1. The fraction of sp³-hybridized carbons (Fsp3) is 0.600. The molecule has 1 nitrogen and oxygen atoms in total. The lowest BCUT2D eigenvalue weighted by Crippen LogP contribution is -2.24. The van der Waals surface area contributed by atoms with Crippen molar-refractivity contribution in [1.29, 1.82) is 0 Å². The Bertz CT molecular complexity index is 313. The molecule has 0 amide bonds. The molecular formula is C15H23N. The predicted molar refractivity (Wildman–Crippen MR) is 69.5 cm³/mol. The second-order valence-corrected chi connectivity index (χ2v) is 5.12. The van der Waals surface area contributed by atoms with Crippen molar-refractivity contribution in [2.75, 3.05) is 6.54 Å². The molecule has 88 valence electrons. The minimum absolute atomic E-state index is 0.929. The van der Waals surface area contributed by atoms with E-state index in [4.69, 9.17) is 0 Å². The van der Waals surface area contributed by atoms with Gasteiger partial charge in [-0.3, -0.25) is 0 Å². The van der Waals surface area contributed by atoms with Crippen LogP contribution in [0.2, 0.25) is 0 Å². The van der Waals surface area contributed by atoms with Crippen molar-refractivity contribution < 1.29 is 0 Å². The molecule has 0 saturated heterocycles. The Labute approximate surface area is 99.3 Å². The molecule has 0 spiro atoms. The van der Waals surface area contributed by atoms with Crippen LogP contribution in [0, 0.1) is 12.8 Å². The van der Waals surface area contributed by atoms with E-state index in [0.717, 1.165) is 12.5 Å². The molecule has 16 heavy (non-hydrogen) atoms. The highest BCUT2D eigenvalue weighted by atomic mass is 14.9. The standard InChI is InChI=1S/C15H23N/c1-13-6-5-9-15(10-13)12-16-11-14-7-3-2-4-8-14/h5-6,9-10,14,16H,2-4,7-8,11-12H2,1H3. The maximum absolute atomic E-state index is 3.60. The summed E-state index contributed by atoms with van der Waals surface area (Å²) in [7, 11) is 0. The fourth-order valence-corrected chi connectivity index (χ4v) is 2.63. The van der Waals surface area contributed by atoms with E-state index in [0.29, 0.717) is 0 Å². The van der Waals surface area contributed by atoms with Gasteiger partial charge in [-0.25, -0.2) is 0 Å². The molecule has 0 heterocycles. The molecule has 2 rings (SSSR count). The van der Waals surface area contributed by atoms with Crippen LogP contribution in [-0.2, 0) is 6.54 Å². The van der Waals surface area contributed by atoms with E-state index in [1.54, 1.807) is 0 Å². The van der Waals surface area contributed by atoms with E-state index in [1.165, 1.54) is 49.8 Å². The van der Waals surface area contributed by atoms with Crippen molar-refractivity contribution in [2.24, 2.45) is 5.92 Å². The molecule has 1 saturated carbocycles. The van der Waals surface area contributed by atoms with Crippen LogP contribution < -0.4 is 5.32 Å². The van der Waals surface area contributed by atoms with Gasteiger partial charge in [0.2, 0.25) is 0 Å². The van der Waals surface area contributed by atoms with Crippen LogP contribution in [0.3, 0.4) is 0 Å². The maximum atomic E-state index is 3.60. The predicted octanol–water partition coefficient (Wildman–Crippen LogP) is 3.66. The first-order valence-electron chi connectivity index (χ1n) is 6.61. The van der Waals surface area contributed by atoms with Crippen LogP contribution >= 0.6 is 0 Å². The second kappa shape index (κ2) is 6.05. The van der Waals surface area contributed by atoms with Crippen molar-refractivity contribution in [3.05, 3.63) is 35.4 Å². The van der Waals surface area contributed by atoms with Crippen molar-refractivity contribution >= 4 is 0 Å². The van der Waals surface area contributed by atoms with Crippen LogP contribution in [0.4, 0.5) is 0 Å².